The van der Waals surface area contributed by atoms with Crippen molar-refractivity contribution in [3.63, 3.8) is 0 Å². The fourth-order valence-electron chi connectivity index (χ4n) is 2.55. The van der Waals surface area contributed by atoms with Crippen LogP contribution in [0.3, 0.4) is 0 Å². The summed E-state index contributed by atoms with van der Waals surface area (Å²) < 4.78 is 11.5. The highest BCUT2D eigenvalue weighted by Gasteiger charge is 2.17. The lowest BCUT2D eigenvalue weighted by atomic mass is 10.3. The molecule has 0 saturated carbocycles. The fraction of sp³-hybridized carbons (Fsp3) is 0.176. The van der Waals surface area contributed by atoms with Crippen LogP contribution in [-0.2, 0) is 13.0 Å². The number of rotatable bonds is 6. The first kappa shape index (κ1) is 16.3. The molecule has 0 fully saturated rings. The van der Waals surface area contributed by atoms with Crippen LogP contribution >= 0.6 is 11.3 Å². The van der Waals surface area contributed by atoms with Crippen molar-refractivity contribution in [2.45, 2.75) is 13.0 Å². The minimum Gasteiger partial charge on any atom is -0.408 e. The SMILES string of the molecule is O=C(NCCc1cccs1)c1nc(Cn2c(=O)oc3ccccc32)no1. The number of oxazole rings is 1. The highest BCUT2D eigenvalue weighted by Crippen LogP contribution is 2.13. The van der Waals surface area contributed by atoms with E-state index in [0.29, 0.717) is 17.6 Å². The Morgan fingerprint density at radius 1 is 1.23 bits per heavy atom. The highest BCUT2D eigenvalue weighted by molar-refractivity contribution is 7.09. The van der Waals surface area contributed by atoms with Gasteiger partial charge in [-0.05, 0) is 30.0 Å². The average molecular weight is 370 g/mol. The normalized spacial score (nSPS) is 11.1. The van der Waals surface area contributed by atoms with Crippen molar-refractivity contribution in [2.75, 3.05) is 6.54 Å². The topological polar surface area (TPSA) is 103 Å². The number of para-hydroxylation sites is 2. The molecule has 0 aliphatic heterocycles. The van der Waals surface area contributed by atoms with Crippen molar-refractivity contribution in [1.29, 1.82) is 0 Å². The van der Waals surface area contributed by atoms with Crippen LogP contribution in [0.4, 0.5) is 0 Å². The van der Waals surface area contributed by atoms with Crippen LogP contribution in [0.25, 0.3) is 11.1 Å². The fourth-order valence-corrected chi connectivity index (χ4v) is 3.25. The monoisotopic (exact) mass is 370 g/mol. The largest absolute Gasteiger partial charge is 0.420 e. The molecule has 0 aliphatic carbocycles. The molecule has 0 radical (unpaired) electrons. The van der Waals surface area contributed by atoms with Crippen LogP contribution in [0, 0.1) is 0 Å². The van der Waals surface area contributed by atoms with Crippen LogP contribution in [0.5, 0.6) is 0 Å². The standard InChI is InChI=1S/C17H14N4O4S/c22-15(18-8-7-11-4-3-9-26-11)16-19-14(20-25-16)10-21-12-5-1-2-6-13(12)24-17(21)23/h1-6,9H,7-8,10H2,(H,18,22). The van der Waals surface area contributed by atoms with E-state index in [1.807, 2.05) is 17.5 Å². The maximum atomic E-state index is 12.1. The second-order valence-corrected chi connectivity index (χ2v) is 6.56. The third kappa shape index (κ3) is 3.29. The first-order chi connectivity index (χ1) is 12.7. The Morgan fingerprint density at radius 3 is 2.96 bits per heavy atom. The molecule has 0 spiro atoms. The zero-order chi connectivity index (χ0) is 17.9. The van der Waals surface area contributed by atoms with E-state index in [4.69, 9.17) is 8.94 Å². The lowest BCUT2D eigenvalue weighted by Crippen LogP contribution is -2.26. The smallest absolute Gasteiger partial charge is 0.408 e. The number of nitrogens with zero attached hydrogens (tertiary/aromatic N) is 3. The number of aromatic nitrogens is 3. The van der Waals surface area contributed by atoms with Gasteiger partial charge in [0, 0.05) is 11.4 Å². The van der Waals surface area contributed by atoms with Crippen molar-refractivity contribution in [3.8, 4) is 0 Å². The van der Waals surface area contributed by atoms with E-state index in [1.165, 1.54) is 9.44 Å². The summed E-state index contributed by atoms with van der Waals surface area (Å²) in [5.74, 6) is -0.864. The summed E-state index contributed by atoms with van der Waals surface area (Å²) in [6.45, 7) is 0.532. The molecule has 1 aromatic carbocycles. The lowest BCUT2D eigenvalue weighted by Gasteiger charge is -1.99. The van der Waals surface area contributed by atoms with Gasteiger partial charge in [0.1, 0.15) is 0 Å². The Morgan fingerprint density at radius 2 is 2.12 bits per heavy atom. The van der Waals surface area contributed by atoms with E-state index in [1.54, 1.807) is 35.6 Å². The number of carbonyl (C=O) groups is 1. The molecule has 26 heavy (non-hydrogen) atoms. The maximum absolute atomic E-state index is 12.1. The van der Waals surface area contributed by atoms with Crippen molar-refractivity contribution < 1.29 is 13.7 Å². The Bertz CT molecular complexity index is 1090. The Balaban J connectivity index is 1.43. The van der Waals surface area contributed by atoms with Gasteiger partial charge in [-0.15, -0.1) is 11.3 Å². The van der Waals surface area contributed by atoms with Crippen LogP contribution in [0.1, 0.15) is 21.4 Å². The van der Waals surface area contributed by atoms with Gasteiger partial charge in [-0.1, -0.05) is 23.4 Å². The number of fused-ring (bicyclic) bond motifs is 1. The summed E-state index contributed by atoms with van der Waals surface area (Å²) in [7, 11) is 0. The van der Waals surface area contributed by atoms with Crippen molar-refractivity contribution in [1.82, 2.24) is 20.0 Å². The number of hydrogen-bond donors (Lipinski definition) is 1. The second-order valence-electron chi connectivity index (χ2n) is 5.52. The van der Waals surface area contributed by atoms with Crippen molar-refractivity contribution in [3.05, 3.63) is 68.9 Å². The quantitative estimate of drug-likeness (QED) is 0.557. The predicted molar refractivity (Wildman–Crippen MR) is 94.2 cm³/mol. The summed E-state index contributed by atoms with van der Waals surface area (Å²) in [5, 5.41) is 8.50. The number of hydrogen-bond acceptors (Lipinski definition) is 7. The summed E-state index contributed by atoms with van der Waals surface area (Å²) in [6, 6.07) is 11.0. The minimum atomic E-state index is -0.516. The van der Waals surface area contributed by atoms with Gasteiger partial charge in [-0.2, -0.15) is 4.98 Å². The molecule has 3 heterocycles. The molecule has 3 aromatic heterocycles. The van der Waals surface area contributed by atoms with Crippen LogP contribution in [-0.4, -0.2) is 27.2 Å². The zero-order valence-electron chi connectivity index (χ0n) is 13.5. The van der Waals surface area contributed by atoms with Gasteiger partial charge in [0.15, 0.2) is 11.4 Å². The molecule has 0 unspecified atom stereocenters. The predicted octanol–water partition coefficient (Wildman–Crippen LogP) is 2.06. The first-order valence-electron chi connectivity index (χ1n) is 7.92. The lowest BCUT2D eigenvalue weighted by molar-refractivity contribution is 0.0910. The van der Waals surface area contributed by atoms with Gasteiger partial charge in [-0.3, -0.25) is 9.36 Å². The Kier molecular flexibility index (Phi) is 4.36. The maximum Gasteiger partial charge on any atom is 0.420 e. The summed E-state index contributed by atoms with van der Waals surface area (Å²) in [4.78, 5) is 29.3. The van der Waals surface area contributed by atoms with Gasteiger partial charge in [-0.25, -0.2) is 4.79 Å². The third-order valence-electron chi connectivity index (χ3n) is 3.77. The van der Waals surface area contributed by atoms with Crippen molar-refractivity contribution in [2.24, 2.45) is 0 Å². The van der Waals surface area contributed by atoms with E-state index in [0.717, 1.165) is 6.42 Å². The summed E-state index contributed by atoms with van der Waals surface area (Å²) >= 11 is 1.63. The molecule has 9 heteroatoms. The number of amides is 1. The Hall–Kier alpha value is -3.20. The molecule has 4 rings (SSSR count). The van der Waals surface area contributed by atoms with Crippen LogP contribution in [0.15, 0.2) is 55.5 Å². The van der Waals surface area contributed by atoms with Gasteiger partial charge in [0.25, 0.3) is 0 Å². The molecule has 1 N–H and O–H groups in total. The second kappa shape index (κ2) is 6.96. The molecule has 0 atom stereocenters. The van der Waals surface area contributed by atoms with Gasteiger partial charge in [0.2, 0.25) is 0 Å². The number of thiophene rings is 1. The summed E-state index contributed by atoms with van der Waals surface area (Å²) in [5.41, 5.74) is 1.11. The molecular weight excluding hydrogens is 356 g/mol. The molecule has 0 aliphatic rings. The van der Waals surface area contributed by atoms with E-state index >= 15 is 0 Å². The molecule has 0 saturated heterocycles. The van der Waals surface area contributed by atoms with E-state index in [2.05, 4.69) is 15.5 Å². The van der Waals surface area contributed by atoms with Crippen molar-refractivity contribution >= 4 is 28.3 Å². The average Bonchev–Trinajstić information content (AvgIpc) is 3.37. The molecule has 1 amide bonds. The molecule has 0 bridgehead atoms. The van der Waals surface area contributed by atoms with E-state index in [-0.39, 0.29) is 18.3 Å². The molecule has 4 aromatic rings. The van der Waals surface area contributed by atoms with E-state index in [9.17, 15) is 9.59 Å². The van der Waals surface area contributed by atoms with E-state index < -0.39 is 11.7 Å². The van der Waals surface area contributed by atoms with Crippen LogP contribution in [0.2, 0.25) is 0 Å². The number of benzene rings is 1. The molecule has 8 nitrogen and oxygen atoms in total. The molecule has 132 valence electrons. The number of carbonyl (C=O) groups excluding carboxylic acids is 1. The van der Waals surface area contributed by atoms with Crippen LogP contribution < -0.4 is 11.1 Å². The first-order valence-corrected chi connectivity index (χ1v) is 8.80. The minimum absolute atomic E-state index is 0.0574. The third-order valence-corrected chi connectivity index (χ3v) is 4.71. The molecular formula is C17H14N4O4S. The van der Waals surface area contributed by atoms with Gasteiger partial charge in [0.05, 0.1) is 12.1 Å². The van der Waals surface area contributed by atoms with Gasteiger partial charge < -0.3 is 14.3 Å². The summed E-state index contributed by atoms with van der Waals surface area (Å²) in [6.07, 6.45) is 0.737. The Labute approximate surface area is 151 Å². The zero-order valence-corrected chi connectivity index (χ0v) is 14.4. The number of nitrogens with one attached hydrogen (secondary N) is 1. The highest BCUT2D eigenvalue weighted by atomic mass is 32.1. The van der Waals surface area contributed by atoms with Gasteiger partial charge >= 0.3 is 17.6 Å².